The number of amides is 1. The van der Waals surface area contributed by atoms with Gasteiger partial charge in [-0.2, -0.15) is 0 Å². The van der Waals surface area contributed by atoms with Crippen molar-refractivity contribution < 1.29 is 17.9 Å². The molecule has 0 radical (unpaired) electrons. The highest BCUT2D eigenvalue weighted by Crippen LogP contribution is 2.27. The van der Waals surface area contributed by atoms with Gasteiger partial charge in [-0.15, -0.1) is 0 Å². The molecule has 3 rings (SSSR count). The highest BCUT2D eigenvalue weighted by Gasteiger charge is 2.35. The quantitative estimate of drug-likeness (QED) is 0.654. The molecule has 156 valence electrons. The van der Waals surface area contributed by atoms with E-state index < -0.39 is 9.84 Å². The molecule has 0 saturated carbocycles. The van der Waals surface area contributed by atoms with E-state index in [2.05, 4.69) is 0 Å². The van der Waals surface area contributed by atoms with Crippen LogP contribution in [0.25, 0.3) is 0 Å². The average molecular weight is 456 g/mol. The summed E-state index contributed by atoms with van der Waals surface area (Å²) in [6, 6.07) is 10.4. The Kier molecular flexibility index (Phi) is 6.76. The minimum absolute atomic E-state index is 0.0393. The highest BCUT2D eigenvalue weighted by molar-refractivity contribution is 7.91. The van der Waals surface area contributed by atoms with Crippen LogP contribution < -0.4 is 4.74 Å². The van der Waals surface area contributed by atoms with E-state index in [4.69, 9.17) is 27.9 Å². The Morgan fingerprint density at radius 2 is 1.83 bits per heavy atom. The van der Waals surface area contributed by atoms with Crippen molar-refractivity contribution in [2.45, 2.75) is 32.9 Å². The lowest BCUT2D eigenvalue weighted by atomic mass is 10.1. The van der Waals surface area contributed by atoms with Crippen molar-refractivity contribution in [2.75, 3.05) is 18.1 Å². The molecule has 0 unspecified atom stereocenters. The second kappa shape index (κ2) is 8.94. The number of carbonyl (C=O) groups excluding carboxylic acids is 1. The van der Waals surface area contributed by atoms with Crippen LogP contribution in [0.5, 0.6) is 5.75 Å². The van der Waals surface area contributed by atoms with Crippen molar-refractivity contribution in [3.8, 4) is 5.75 Å². The molecule has 1 aliphatic heterocycles. The molecule has 5 nitrogen and oxygen atoms in total. The SMILES string of the molecule is Cc1cc(OCC(=O)N(Cc2ccccc2Cl)[C@@H]2CCS(=O)(=O)C2)cc(C)c1Cl. The molecular formula is C21H23Cl2NO4S. The van der Waals surface area contributed by atoms with Gasteiger partial charge < -0.3 is 9.64 Å². The van der Waals surface area contributed by atoms with Crippen molar-refractivity contribution in [3.63, 3.8) is 0 Å². The first-order chi connectivity index (χ1) is 13.7. The average Bonchev–Trinajstić information content (AvgIpc) is 3.02. The third kappa shape index (κ3) is 5.44. The van der Waals surface area contributed by atoms with Crippen LogP contribution in [-0.2, 0) is 21.2 Å². The lowest BCUT2D eigenvalue weighted by Gasteiger charge is -2.29. The largest absolute Gasteiger partial charge is 0.484 e. The van der Waals surface area contributed by atoms with Crippen LogP contribution in [0.3, 0.4) is 0 Å². The summed E-state index contributed by atoms with van der Waals surface area (Å²) >= 11 is 12.4. The Morgan fingerprint density at radius 3 is 2.41 bits per heavy atom. The fourth-order valence-corrected chi connectivity index (χ4v) is 5.51. The van der Waals surface area contributed by atoms with E-state index in [1.165, 1.54) is 0 Å². The monoisotopic (exact) mass is 455 g/mol. The summed E-state index contributed by atoms with van der Waals surface area (Å²) in [5.74, 6) is 0.315. The van der Waals surface area contributed by atoms with Gasteiger partial charge in [0.05, 0.1) is 11.5 Å². The van der Waals surface area contributed by atoms with Crippen molar-refractivity contribution in [3.05, 3.63) is 63.1 Å². The van der Waals surface area contributed by atoms with Gasteiger partial charge in [-0.25, -0.2) is 8.42 Å². The molecule has 0 spiro atoms. The number of hydrogen-bond donors (Lipinski definition) is 0. The molecule has 1 fully saturated rings. The van der Waals surface area contributed by atoms with E-state index in [1.807, 2.05) is 32.0 Å². The Bertz CT molecular complexity index is 1000. The number of aryl methyl sites for hydroxylation is 2. The summed E-state index contributed by atoms with van der Waals surface area (Å²) in [7, 11) is -3.14. The lowest BCUT2D eigenvalue weighted by Crippen LogP contribution is -2.43. The minimum atomic E-state index is -3.14. The predicted octanol–water partition coefficient (Wildman–Crippen LogP) is 4.20. The van der Waals surface area contributed by atoms with E-state index in [0.717, 1.165) is 16.7 Å². The van der Waals surface area contributed by atoms with Crippen LogP contribution in [0.2, 0.25) is 10.0 Å². The molecule has 0 aliphatic carbocycles. The van der Waals surface area contributed by atoms with Crippen LogP contribution in [0.15, 0.2) is 36.4 Å². The van der Waals surface area contributed by atoms with Crippen LogP contribution >= 0.6 is 23.2 Å². The van der Waals surface area contributed by atoms with Crippen molar-refractivity contribution in [2.24, 2.45) is 0 Å². The first-order valence-corrected chi connectivity index (χ1v) is 11.9. The normalized spacial score (nSPS) is 17.9. The summed E-state index contributed by atoms with van der Waals surface area (Å²) in [6.07, 6.45) is 0.414. The van der Waals surface area contributed by atoms with Gasteiger partial charge in [0, 0.05) is 22.6 Å². The van der Waals surface area contributed by atoms with E-state index in [-0.39, 0.29) is 36.6 Å². The smallest absolute Gasteiger partial charge is 0.261 e. The number of rotatable bonds is 6. The van der Waals surface area contributed by atoms with Crippen molar-refractivity contribution in [1.29, 1.82) is 0 Å². The number of ether oxygens (including phenoxy) is 1. The molecule has 8 heteroatoms. The van der Waals surface area contributed by atoms with Crippen LogP contribution in [0, 0.1) is 13.8 Å². The number of nitrogens with zero attached hydrogens (tertiary/aromatic N) is 1. The van der Waals surface area contributed by atoms with Gasteiger partial charge in [0.2, 0.25) is 0 Å². The van der Waals surface area contributed by atoms with Crippen LogP contribution in [-0.4, -0.2) is 43.4 Å². The van der Waals surface area contributed by atoms with E-state index in [9.17, 15) is 13.2 Å². The number of sulfone groups is 1. The van der Waals surface area contributed by atoms with Gasteiger partial charge in [0.15, 0.2) is 16.4 Å². The van der Waals surface area contributed by atoms with E-state index >= 15 is 0 Å². The fraction of sp³-hybridized carbons (Fsp3) is 0.381. The lowest BCUT2D eigenvalue weighted by molar-refractivity contribution is -0.136. The standard InChI is InChI=1S/C21H23Cl2NO4S/c1-14-9-18(10-15(2)21(14)23)28-12-20(25)24(17-7-8-29(26,27)13-17)11-16-5-3-4-6-19(16)22/h3-6,9-10,17H,7-8,11-13H2,1-2H3/t17-/m1/s1. The Labute approximate surface area is 181 Å². The minimum Gasteiger partial charge on any atom is -0.484 e. The molecule has 29 heavy (non-hydrogen) atoms. The van der Waals surface area contributed by atoms with Gasteiger partial charge in [-0.05, 0) is 55.2 Å². The number of hydrogen-bond acceptors (Lipinski definition) is 4. The van der Waals surface area contributed by atoms with Crippen LogP contribution in [0.4, 0.5) is 0 Å². The molecule has 2 aromatic rings. The second-order valence-corrected chi connectivity index (χ2v) is 10.3. The first kappa shape index (κ1) is 21.9. The van der Waals surface area contributed by atoms with Gasteiger partial charge in [-0.3, -0.25) is 4.79 Å². The summed E-state index contributed by atoms with van der Waals surface area (Å²) in [6.45, 7) is 3.79. The summed E-state index contributed by atoms with van der Waals surface area (Å²) in [5, 5.41) is 1.20. The maximum atomic E-state index is 13.0. The van der Waals surface area contributed by atoms with E-state index in [1.54, 1.807) is 23.1 Å². The zero-order valence-corrected chi connectivity index (χ0v) is 18.6. The molecule has 1 amide bonds. The van der Waals surface area contributed by atoms with E-state index in [0.29, 0.717) is 22.2 Å². The zero-order valence-electron chi connectivity index (χ0n) is 16.3. The molecule has 0 bridgehead atoms. The third-order valence-corrected chi connectivity index (χ3v) is 7.76. The number of carbonyl (C=O) groups is 1. The Hall–Kier alpha value is -1.76. The van der Waals surface area contributed by atoms with Gasteiger partial charge >= 0.3 is 0 Å². The van der Waals surface area contributed by atoms with Crippen LogP contribution in [0.1, 0.15) is 23.1 Å². The maximum absolute atomic E-state index is 13.0. The maximum Gasteiger partial charge on any atom is 0.261 e. The molecule has 1 heterocycles. The molecule has 0 aromatic heterocycles. The molecular weight excluding hydrogens is 433 g/mol. The third-order valence-electron chi connectivity index (χ3n) is 5.04. The topological polar surface area (TPSA) is 63.7 Å². The highest BCUT2D eigenvalue weighted by atomic mass is 35.5. The van der Waals surface area contributed by atoms with Gasteiger partial charge in [-0.1, -0.05) is 41.4 Å². The Morgan fingerprint density at radius 1 is 1.17 bits per heavy atom. The molecule has 0 N–H and O–H groups in total. The van der Waals surface area contributed by atoms with Crippen molar-refractivity contribution >= 4 is 38.9 Å². The van der Waals surface area contributed by atoms with Crippen molar-refractivity contribution in [1.82, 2.24) is 4.90 Å². The first-order valence-electron chi connectivity index (χ1n) is 9.29. The fourth-order valence-electron chi connectivity index (χ4n) is 3.47. The Balaban J connectivity index is 1.78. The summed E-state index contributed by atoms with van der Waals surface area (Å²) in [5.41, 5.74) is 2.50. The molecule has 2 aromatic carbocycles. The van der Waals surface area contributed by atoms with Gasteiger partial charge in [0.1, 0.15) is 5.75 Å². The molecule has 1 aliphatic rings. The second-order valence-electron chi connectivity index (χ2n) is 7.33. The molecule has 1 saturated heterocycles. The number of benzene rings is 2. The molecule has 1 atom stereocenters. The summed E-state index contributed by atoms with van der Waals surface area (Å²) < 4.78 is 29.6. The van der Waals surface area contributed by atoms with Gasteiger partial charge in [0.25, 0.3) is 5.91 Å². The number of halogens is 2. The summed E-state index contributed by atoms with van der Waals surface area (Å²) in [4.78, 5) is 14.6. The predicted molar refractivity (Wildman–Crippen MR) is 115 cm³/mol. The zero-order chi connectivity index (χ0) is 21.2.